The number of rotatable bonds is 8. The molecule has 0 atom stereocenters. The fourth-order valence-corrected chi connectivity index (χ4v) is 4.46. The highest BCUT2D eigenvalue weighted by Gasteiger charge is 2.20. The number of H-pyrrole nitrogens is 1. The third-order valence-corrected chi connectivity index (χ3v) is 6.27. The highest BCUT2D eigenvalue weighted by molar-refractivity contribution is 5.94. The van der Waals surface area contributed by atoms with Gasteiger partial charge in [-0.2, -0.15) is 0 Å². The first-order valence-electron chi connectivity index (χ1n) is 11.4. The summed E-state index contributed by atoms with van der Waals surface area (Å²) in [6, 6.07) is 3.65. The Balaban J connectivity index is 1.12. The maximum absolute atomic E-state index is 12.5. The Morgan fingerprint density at radius 2 is 1.93 bits per heavy atom. The third-order valence-electron chi connectivity index (χ3n) is 6.27. The first-order chi connectivity index (χ1) is 14.8. The largest absolute Gasteiger partial charge is 0.478 e. The van der Waals surface area contributed by atoms with Gasteiger partial charge in [-0.3, -0.25) is 4.79 Å². The van der Waals surface area contributed by atoms with Crippen molar-refractivity contribution >= 4 is 5.91 Å². The zero-order valence-electron chi connectivity index (χ0n) is 17.8. The zero-order chi connectivity index (χ0) is 20.6. The minimum Gasteiger partial charge on any atom is -0.478 e. The first-order valence-corrected chi connectivity index (χ1v) is 11.4. The van der Waals surface area contributed by atoms with Gasteiger partial charge in [0.25, 0.3) is 5.91 Å². The lowest BCUT2D eigenvalue weighted by atomic mass is 9.92. The maximum atomic E-state index is 12.5. The van der Waals surface area contributed by atoms with Gasteiger partial charge in [0.2, 0.25) is 5.88 Å². The molecule has 1 N–H and O–H groups in total. The average molecular weight is 412 g/mol. The number of likely N-dealkylation sites (tertiary alicyclic amines) is 2. The molecule has 7 nitrogen and oxygen atoms in total. The number of amides is 1. The van der Waals surface area contributed by atoms with Crippen LogP contribution >= 0.6 is 0 Å². The van der Waals surface area contributed by atoms with Crippen molar-refractivity contribution in [2.75, 3.05) is 39.3 Å². The second kappa shape index (κ2) is 10.6. The van der Waals surface area contributed by atoms with Gasteiger partial charge in [0.1, 0.15) is 0 Å². The molecule has 30 heavy (non-hydrogen) atoms. The van der Waals surface area contributed by atoms with Crippen molar-refractivity contribution in [2.45, 2.75) is 44.9 Å². The van der Waals surface area contributed by atoms with Crippen LogP contribution in [0.5, 0.6) is 5.88 Å². The van der Waals surface area contributed by atoms with Gasteiger partial charge in [-0.25, -0.2) is 9.97 Å². The van der Waals surface area contributed by atoms with Crippen molar-refractivity contribution < 1.29 is 9.53 Å². The number of imidazole rings is 1. The molecule has 0 unspecified atom stereocenters. The quantitative estimate of drug-likeness (QED) is 0.676. The van der Waals surface area contributed by atoms with E-state index in [0.717, 1.165) is 64.3 Å². The summed E-state index contributed by atoms with van der Waals surface area (Å²) in [5.41, 5.74) is 1.90. The van der Waals surface area contributed by atoms with Crippen LogP contribution in [0.3, 0.4) is 0 Å². The summed E-state index contributed by atoms with van der Waals surface area (Å²) in [4.78, 5) is 28.6. The molecule has 2 aliphatic heterocycles. The van der Waals surface area contributed by atoms with Crippen molar-refractivity contribution in [3.8, 4) is 5.88 Å². The molecular weight excluding hydrogens is 378 g/mol. The van der Waals surface area contributed by atoms with Crippen LogP contribution in [-0.2, 0) is 6.42 Å². The van der Waals surface area contributed by atoms with Crippen LogP contribution in [0.25, 0.3) is 0 Å². The number of hydrogen-bond donors (Lipinski definition) is 1. The summed E-state index contributed by atoms with van der Waals surface area (Å²) < 4.78 is 5.79. The van der Waals surface area contributed by atoms with Gasteiger partial charge in [0.05, 0.1) is 18.5 Å². The maximum Gasteiger partial charge on any atom is 0.255 e. The Morgan fingerprint density at radius 3 is 2.63 bits per heavy atom. The Labute approximate surface area is 178 Å². The van der Waals surface area contributed by atoms with Crippen LogP contribution in [0, 0.1) is 5.92 Å². The fourth-order valence-electron chi connectivity index (χ4n) is 4.46. The van der Waals surface area contributed by atoms with E-state index in [1.165, 1.54) is 25.0 Å². The smallest absolute Gasteiger partial charge is 0.255 e. The minimum absolute atomic E-state index is 0.0877. The zero-order valence-corrected chi connectivity index (χ0v) is 17.8. The Morgan fingerprint density at radius 1 is 1.10 bits per heavy atom. The van der Waals surface area contributed by atoms with Crippen LogP contribution in [0.1, 0.15) is 54.6 Å². The normalized spacial score (nSPS) is 18.5. The van der Waals surface area contributed by atoms with Crippen molar-refractivity contribution in [2.24, 2.45) is 5.92 Å². The summed E-state index contributed by atoms with van der Waals surface area (Å²) in [6.07, 6.45) is 13.4. The summed E-state index contributed by atoms with van der Waals surface area (Å²) in [5, 5.41) is 0. The monoisotopic (exact) mass is 411 g/mol. The molecule has 0 aliphatic carbocycles. The standard InChI is InChI=1S/C23H33N5O2/c29-23(28-10-2-1-3-11-28)20-5-6-22(25-16-20)30-14-4-9-27-12-7-19(8-13-27)15-21-17-24-18-26-21/h5-6,16-19H,1-4,7-15H2,(H,24,26). The van der Waals surface area contributed by atoms with Crippen molar-refractivity contribution in [3.63, 3.8) is 0 Å². The van der Waals surface area contributed by atoms with Crippen molar-refractivity contribution in [1.29, 1.82) is 0 Å². The number of hydrogen-bond acceptors (Lipinski definition) is 5. The molecule has 162 valence electrons. The first kappa shape index (κ1) is 20.8. The molecule has 2 fully saturated rings. The number of pyridine rings is 1. The lowest BCUT2D eigenvalue weighted by molar-refractivity contribution is 0.0724. The topological polar surface area (TPSA) is 74.3 Å². The minimum atomic E-state index is 0.0877. The molecular formula is C23H33N5O2. The van der Waals surface area contributed by atoms with Gasteiger partial charge < -0.3 is 19.5 Å². The second-order valence-corrected chi connectivity index (χ2v) is 8.51. The van der Waals surface area contributed by atoms with Crippen molar-refractivity contribution in [3.05, 3.63) is 42.1 Å². The average Bonchev–Trinajstić information content (AvgIpc) is 3.31. The van der Waals surface area contributed by atoms with E-state index in [4.69, 9.17) is 4.74 Å². The summed E-state index contributed by atoms with van der Waals surface area (Å²) in [7, 11) is 0. The number of carbonyl (C=O) groups is 1. The van der Waals surface area contributed by atoms with E-state index in [0.29, 0.717) is 18.1 Å². The fraction of sp³-hybridized carbons (Fsp3) is 0.609. The molecule has 7 heteroatoms. The molecule has 1 amide bonds. The summed E-state index contributed by atoms with van der Waals surface area (Å²) in [6.45, 7) is 5.74. The van der Waals surface area contributed by atoms with Gasteiger partial charge in [-0.1, -0.05) is 0 Å². The highest BCUT2D eigenvalue weighted by atomic mass is 16.5. The lowest BCUT2D eigenvalue weighted by Crippen LogP contribution is -2.35. The van der Waals surface area contributed by atoms with Gasteiger partial charge in [0.15, 0.2) is 0 Å². The molecule has 2 aromatic rings. The van der Waals surface area contributed by atoms with Crippen LogP contribution in [0.15, 0.2) is 30.9 Å². The number of carbonyl (C=O) groups excluding carboxylic acids is 1. The van der Waals surface area contributed by atoms with E-state index in [-0.39, 0.29) is 5.91 Å². The molecule has 0 bridgehead atoms. The molecule has 2 aromatic heterocycles. The molecule has 0 radical (unpaired) electrons. The van der Waals surface area contributed by atoms with Gasteiger partial charge >= 0.3 is 0 Å². The molecule has 2 saturated heterocycles. The molecule has 0 saturated carbocycles. The molecule has 2 aliphatic rings. The van der Waals surface area contributed by atoms with E-state index in [9.17, 15) is 4.79 Å². The molecule has 0 aromatic carbocycles. The number of ether oxygens (including phenoxy) is 1. The van der Waals surface area contributed by atoms with Gasteiger partial charge in [-0.05, 0) is 70.0 Å². The van der Waals surface area contributed by atoms with Gasteiger partial charge in [-0.15, -0.1) is 0 Å². The predicted octanol–water partition coefficient (Wildman–Crippen LogP) is 3.15. The second-order valence-electron chi connectivity index (χ2n) is 8.51. The number of nitrogens with zero attached hydrogens (tertiary/aromatic N) is 4. The van der Waals surface area contributed by atoms with E-state index < -0.39 is 0 Å². The Kier molecular flexibility index (Phi) is 7.34. The van der Waals surface area contributed by atoms with Crippen LogP contribution in [0.2, 0.25) is 0 Å². The summed E-state index contributed by atoms with van der Waals surface area (Å²) >= 11 is 0. The molecule has 0 spiro atoms. The Bertz CT molecular complexity index is 763. The van der Waals surface area contributed by atoms with Crippen LogP contribution < -0.4 is 4.74 Å². The van der Waals surface area contributed by atoms with Gasteiger partial charge in [0, 0.05) is 43.8 Å². The number of aromatic amines is 1. The third kappa shape index (κ3) is 5.81. The summed E-state index contributed by atoms with van der Waals surface area (Å²) in [5.74, 6) is 1.45. The van der Waals surface area contributed by atoms with E-state index in [1.807, 2.05) is 23.2 Å². The van der Waals surface area contributed by atoms with Crippen molar-refractivity contribution in [1.82, 2.24) is 24.8 Å². The Hall–Kier alpha value is -2.41. The SMILES string of the molecule is O=C(c1ccc(OCCCN2CCC(Cc3cnc[nH]3)CC2)nc1)N1CCCCC1. The number of piperidine rings is 2. The molecule has 4 rings (SSSR count). The highest BCUT2D eigenvalue weighted by Crippen LogP contribution is 2.21. The lowest BCUT2D eigenvalue weighted by Gasteiger charge is -2.31. The van der Waals surface area contributed by atoms with Crippen LogP contribution in [0.4, 0.5) is 0 Å². The van der Waals surface area contributed by atoms with E-state index in [2.05, 4.69) is 19.9 Å². The number of aromatic nitrogens is 3. The predicted molar refractivity (Wildman–Crippen MR) is 116 cm³/mol. The van der Waals surface area contributed by atoms with Crippen LogP contribution in [-0.4, -0.2) is 70.0 Å². The molecule has 4 heterocycles. The van der Waals surface area contributed by atoms with E-state index >= 15 is 0 Å². The van der Waals surface area contributed by atoms with E-state index in [1.54, 1.807) is 12.5 Å². The number of nitrogens with one attached hydrogen (secondary N) is 1.